The minimum atomic E-state index is -0.276. The van der Waals surface area contributed by atoms with Crippen LogP contribution in [0.3, 0.4) is 0 Å². The van der Waals surface area contributed by atoms with Gasteiger partial charge in [-0.25, -0.2) is 9.37 Å². The summed E-state index contributed by atoms with van der Waals surface area (Å²) >= 11 is 0. The minimum absolute atomic E-state index is 0.276. The van der Waals surface area contributed by atoms with Gasteiger partial charge in [0.05, 0.1) is 6.20 Å². The third-order valence-corrected chi connectivity index (χ3v) is 3.01. The van der Waals surface area contributed by atoms with Crippen LogP contribution in [0, 0.1) is 11.7 Å². The molecule has 1 rings (SSSR count). The van der Waals surface area contributed by atoms with E-state index in [9.17, 15) is 4.39 Å². The molecule has 0 amide bonds. The highest BCUT2D eigenvalue weighted by atomic mass is 19.1. The molecule has 0 unspecified atom stereocenters. The monoisotopic (exact) mass is 267 g/mol. The zero-order valence-electron chi connectivity index (χ0n) is 12.7. The van der Waals surface area contributed by atoms with Gasteiger partial charge in [0.2, 0.25) is 0 Å². The molecule has 0 bridgehead atoms. The van der Waals surface area contributed by atoms with E-state index in [1.165, 1.54) is 6.20 Å². The number of nitrogens with one attached hydrogen (secondary N) is 1. The van der Waals surface area contributed by atoms with Crippen molar-refractivity contribution < 1.29 is 4.39 Å². The molecule has 3 nitrogen and oxygen atoms in total. The molecule has 0 aliphatic heterocycles. The predicted octanol–water partition coefficient (Wildman–Crippen LogP) is 3.20. The van der Waals surface area contributed by atoms with Gasteiger partial charge in [-0.15, -0.1) is 0 Å². The second-order valence-corrected chi connectivity index (χ2v) is 5.78. The first-order chi connectivity index (χ1) is 8.90. The summed E-state index contributed by atoms with van der Waals surface area (Å²) in [5, 5.41) is 3.32. The van der Waals surface area contributed by atoms with E-state index in [0.29, 0.717) is 18.5 Å². The van der Waals surface area contributed by atoms with Crippen LogP contribution in [0.4, 0.5) is 10.2 Å². The van der Waals surface area contributed by atoms with Crippen LogP contribution in [0.25, 0.3) is 0 Å². The summed E-state index contributed by atoms with van der Waals surface area (Å²) < 4.78 is 13.3. The Morgan fingerprint density at radius 2 is 2.00 bits per heavy atom. The molecule has 19 heavy (non-hydrogen) atoms. The Hall–Kier alpha value is -1.16. The van der Waals surface area contributed by atoms with Crippen LogP contribution in [-0.2, 0) is 6.54 Å². The first kappa shape index (κ1) is 15.9. The quantitative estimate of drug-likeness (QED) is 0.822. The van der Waals surface area contributed by atoms with Gasteiger partial charge in [-0.3, -0.25) is 0 Å². The van der Waals surface area contributed by atoms with Gasteiger partial charge in [-0.1, -0.05) is 27.7 Å². The topological polar surface area (TPSA) is 28.2 Å². The van der Waals surface area contributed by atoms with Crippen molar-refractivity contribution >= 4 is 5.82 Å². The molecule has 0 fully saturated rings. The first-order valence-electron chi connectivity index (χ1n) is 6.99. The van der Waals surface area contributed by atoms with E-state index in [1.807, 2.05) is 7.05 Å². The minimum Gasteiger partial charge on any atom is -0.359 e. The van der Waals surface area contributed by atoms with Crippen LogP contribution in [-0.4, -0.2) is 24.6 Å². The van der Waals surface area contributed by atoms with Crippen molar-refractivity contribution in [2.75, 3.05) is 18.5 Å². The highest BCUT2D eigenvalue weighted by Gasteiger charge is 2.11. The molecule has 1 heterocycles. The van der Waals surface area contributed by atoms with E-state index in [0.717, 1.165) is 24.3 Å². The molecular weight excluding hydrogens is 241 g/mol. The Bertz CT molecular complexity index is 391. The molecule has 0 saturated carbocycles. The summed E-state index contributed by atoms with van der Waals surface area (Å²) in [5.74, 6) is 1.25. The molecule has 0 aromatic carbocycles. The van der Waals surface area contributed by atoms with Gasteiger partial charge in [0.25, 0.3) is 0 Å². The number of hydrogen-bond acceptors (Lipinski definition) is 3. The Kier molecular flexibility index (Phi) is 6.22. The zero-order chi connectivity index (χ0) is 14.4. The van der Waals surface area contributed by atoms with Crippen molar-refractivity contribution in [3.63, 3.8) is 0 Å². The van der Waals surface area contributed by atoms with Crippen LogP contribution >= 0.6 is 0 Å². The number of pyridine rings is 1. The summed E-state index contributed by atoms with van der Waals surface area (Å²) in [6.45, 7) is 10.1. The smallest absolute Gasteiger partial charge is 0.141 e. The van der Waals surface area contributed by atoms with E-state index in [1.54, 1.807) is 6.07 Å². The fourth-order valence-electron chi connectivity index (χ4n) is 1.82. The van der Waals surface area contributed by atoms with Crippen molar-refractivity contribution in [1.29, 1.82) is 0 Å². The van der Waals surface area contributed by atoms with Gasteiger partial charge >= 0.3 is 0 Å². The maximum Gasteiger partial charge on any atom is 0.141 e. The largest absolute Gasteiger partial charge is 0.359 e. The van der Waals surface area contributed by atoms with E-state index in [-0.39, 0.29) is 5.82 Å². The van der Waals surface area contributed by atoms with Gasteiger partial charge in [-0.05, 0) is 18.4 Å². The summed E-state index contributed by atoms with van der Waals surface area (Å²) in [6, 6.07) is 1.95. The average molecular weight is 267 g/mol. The van der Waals surface area contributed by atoms with Gasteiger partial charge < -0.3 is 10.2 Å². The van der Waals surface area contributed by atoms with Crippen molar-refractivity contribution in [1.82, 2.24) is 10.3 Å². The van der Waals surface area contributed by atoms with Crippen molar-refractivity contribution in [2.24, 2.45) is 5.92 Å². The summed E-state index contributed by atoms with van der Waals surface area (Å²) in [4.78, 5) is 6.35. The second-order valence-electron chi connectivity index (χ2n) is 5.78. The molecule has 0 atom stereocenters. The Labute approximate surface area is 116 Å². The molecule has 0 aliphatic carbocycles. The number of nitrogens with zero attached hydrogens (tertiary/aromatic N) is 2. The van der Waals surface area contributed by atoms with Crippen LogP contribution in [0.15, 0.2) is 12.3 Å². The van der Waals surface area contributed by atoms with Crippen LogP contribution in [0.5, 0.6) is 0 Å². The third-order valence-electron chi connectivity index (χ3n) is 3.01. The average Bonchev–Trinajstić information content (AvgIpc) is 2.33. The maximum absolute atomic E-state index is 13.3. The number of hydrogen-bond donors (Lipinski definition) is 1. The van der Waals surface area contributed by atoms with E-state index in [4.69, 9.17) is 0 Å². The second kappa shape index (κ2) is 7.43. The highest BCUT2D eigenvalue weighted by Crippen LogP contribution is 2.18. The molecule has 4 heteroatoms. The lowest BCUT2D eigenvalue weighted by atomic mass is 10.1. The SMILES string of the molecule is CC(C)CCN(C)c1ncc(F)cc1CNC(C)C. The molecule has 108 valence electrons. The number of rotatable bonds is 7. The maximum atomic E-state index is 13.3. The first-order valence-corrected chi connectivity index (χ1v) is 6.99. The summed E-state index contributed by atoms with van der Waals surface area (Å²) in [7, 11) is 2.02. The lowest BCUT2D eigenvalue weighted by molar-refractivity contribution is 0.567. The molecule has 1 aromatic heterocycles. The van der Waals surface area contributed by atoms with Crippen molar-refractivity contribution in [2.45, 2.75) is 46.7 Å². The van der Waals surface area contributed by atoms with Crippen LogP contribution < -0.4 is 10.2 Å². The van der Waals surface area contributed by atoms with Crippen LogP contribution in [0.2, 0.25) is 0 Å². The normalized spacial score (nSPS) is 11.4. The fourth-order valence-corrected chi connectivity index (χ4v) is 1.82. The molecular formula is C15H26FN3. The molecule has 1 aromatic rings. The van der Waals surface area contributed by atoms with Crippen molar-refractivity contribution in [3.8, 4) is 0 Å². The number of anilines is 1. The summed E-state index contributed by atoms with van der Waals surface area (Å²) in [5.41, 5.74) is 0.917. The fraction of sp³-hybridized carbons (Fsp3) is 0.667. The molecule has 0 saturated heterocycles. The lowest BCUT2D eigenvalue weighted by Crippen LogP contribution is -2.26. The number of halogens is 1. The standard InChI is InChI=1S/C15H26FN3/c1-11(2)6-7-19(5)15-13(9-17-12(3)4)8-14(16)10-18-15/h8,10-12,17H,6-7,9H2,1-5H3. The molecule has 0 aliphatic rings. The summed E-state index contributed by atoms with van der Waals surface area (Å²) in [6.07, 6.45) is 2.40. The Balaban J connectivity index is 2.79. The predicted molar refractivity (Wildman–Crippen MR) is 78.9 cm³/mol. The van der Waals surface area contributed by atoms with Gasteiger partial charge in [-0.2, -0.15) is 0 Å². The lowest BCUT2D eigenvalue weighted by Gasteiger charge is -2.22. The Morgan fingerprint density at radius 3 is 2.58 bits per heavy atom. The van der Waals surface area contributed by atoms with Gasteiger partial charge in [0, 0.05) is 31.7 Å². The van der Waals surface area contributed by atoms with E-state index >= 15 is 0 Å². The Morgan fingerprint density at radius 1 is 1.32 bits per heavy atom. The van der Waals surface area contributed by atoms with E-state index < -0.39 is 0 Å². The van der Waals surface area contributed by atoms with E-state index in [2.05, 4.69) is 42.9 Å². The van der Waals surface area contributed by atoms with Gasteiger partial charge in [0.1, 0.15) is 11.6 Å². The molecule has 0 spiro atoms. The van der Waals surface area contributed by atoms with Crippen LogP contribution in [0.1, 0.15) is 39.7 Å². The zero-order valence-corrected chi connectivity index (χ0v) is 12.7. The number of aromatic nitrogens is 1. The van der Waals surface area contributed by atoms with Crippen molar-refractivity contribution in [3.05, 3.63) is 23.6 Å². The van der Waals surface area contributed by atoms with Gasteiger partial charge in [0.15, 0.2) is 0 Å². The molecule has 0 radical (unpaired) electrons. The highest BCUT2D eigenvalue weighted by molar-refractivity contribution is 5.46. The molecule has 1 N–H and O–H groups in total. The third kappa shape index (κ3) is 5.55.